The molecule has 0 N–H and O–H groups in total. The van der Waals surface area contributed by atoms with Gasteiger partial charge in [0.05, 0.1) is 0 Å². The second kappa shape index (κ2) is 5.62. The van der Waals surface area contributed by atoms with E-state index in [0.717, 1.165) is 0 Å². The van der Waals surface area contributed by atoms with Crippen LogP contribution in [0.5, 0.6) is 0 Å². The van der Waals surface area contributed by atoms with Crippen molar-refractivity contribution in [3.05, 3.63) is 50.0 Å². The van der Waals surface area contributed by atoms with Crippen molar-refractivity contribution < 1.29 is 0 Å². The summed E-state index contributed by atoms with van der Waals surface area (Å²) in [6, 6.07) is 4.59. The fraction of sp³-hybridized carbons (Fsp3) is 0.474. The van der Waals surface area contributed by atoms with Gasteiger partial charge in [-0.2, -0.15) is 0 Å². The van der Waals surface area contributed by atoms with Crippen molar-refractivity contribution in [1.82, 2.24) is 0 Å². The Morgan fingerprint density at radius 1 is 0.857 bits per heavy atom. The predicted octanol–water partition coefficient (Wildman–Crippen LogP) is 6.54. The maximum atomic E-state index is 3.84. The predicted molar refractivity (Wildman–Crippen MR) is 102 cm³/mol. The number of aryl methyl sites for hydroxylation is 2. The molecule has 0 aromatic heterocycles. The van der Waals surface area contributed by atoms with Crippen LogP contribution in [0.3, 0.4) is 0 Å². The molecule has 1 aromatic carbocycles. The highest BCUT2D eigenvalue weighted by atomic mass is 79.9. The van der Waals surface area contributed by atoms with Crippen LogP contribution in [0.15, 0.2) is 43.8 Å². The summed E-state index contributed by atoms with van der Waals surface area (Å²) in [5, 5.41) is 0.579. The Labute approximate surface area is 140 Å². The quantitative estimate of drug-likeness (QED) is 0.556. The average Bonchev–Trinajstić information content (AvgIpc) is 2.52. The summed E-state index contributed by atoms with van der Waals surface area (Å²) in [6.07, 6.45) is 4.94. The third-order valence-corrected chi connectivity index (χ3v) is 9.39. The van der Waals surface area contributed by atoms with E-state index in [0.29, 0.717) is 5.25 Å². The number of rotatable bonds is 2. The van der Waals surface area contributed by atoms with E-state index in [1.807, 2.05) is 0 Å². The smallest absolute Gasteiger partial charge is 0.0349 e. The molecule has 0 unspecified atom stereocenters. The molecule has 0 aliphatic heterocycles. The van der Waals surface area contributed by atoms with E-state index < -0.39 is 10.0 Å². The van der Waals surface area contributed by atoms with E-state index in [-0.39, 0.29) is 0 Å². The Balaban J connectivity index is 2.65. The van der Waals surface area contributed by atoms with Crippen molar-refractivity contribution in [2.75, 3.05) is 12.5 Å². The van der Waals surface area contributed by atoms with Crippen LogP contribution in [0, 0.1) is 13.8 Å². The van der Waals surface area contributed by atoms with Crippen LogP contribution in [-0.2, 0) is 0 Å². The molecule has 0 atom stereocenters. The molecule has 0 spiro atoms. The minimum absolute atomic E-state index is 0.579. The summed E-state index contributed by atoms with van der Waals surface area (Å²) >= 11 is 3.84. The highest BCUT2D eigenvalue weighted by molar-refractivity contribution is 9.10. The molecular formula is C19H27BrS. The first-order valence-electron chi connectivity index (χ1n) is 7.43. The summed E-state index contributed by atoms with van der Waals surface area (Å²) in [6.45, 7) is 13.6. The first-order valence-corrected chi connectivity index (χ1v) is 10.7. The van der Waals surface area contributed by atoms with Crippen molar-refractivity contribution in [3.8, 4) is 0 Å². The molecule has 1 aromatic rings. The number of hydrogen-bond donors (Lipinski definition) is 0. The Bertz CT molecular complexity index is 615. The Hall–Kier alpha value is -0.470. The van der Waals surface area contributed by atoms with Gasteiger partial charge < -0.3 is 0 Å². The van der Waals surface area contributed by atoms with Gasteiger partial charge in [0.1, 0.15) is 0 Å². The standard InChI is InChI=1S/C19H27BrS/c1-11-9-12(2)18(17(20)10-11)21(7,8)19-15(5)13(3)14(4)16(19)6/h9-10,19H,1-8H3. The topological polar surface area (TPSA) is 0 Å². The average molecular weight is 367 g/mol. The van der Waals surface area contributed by atoms with Gasteiger partial charge in [0.2, 0.25) is 0 Å². The molecule has 0 heterocycles. The van der Waals surface area contributed by atoms with Gasteiger partial charge in [-0.15, -0.1) is 0 Å². The SMILES string of the molecule is CC1=C(C)C(S(C)(C)c2c(C)cc(C)cc2Br)C(C)=C1C. The third-order valence-electron chi connectivity index (χ3n) is 5.02. The Morgan fingerprint density at radius 2 is 1.33 bits per heavy atom. The lowest BCUT2D eigenvalue weighted by Crippen LogP contribution is -2.19. The molecule has 0 saturated heterocycles. The lowest BCUT2D eigenvalue weighted by Gasteiger charge is -2.42. The largest absolute Gasteiger partial charge is 0.209 e. The lowest BCUT2D eigenvalue weighted by molar-refractivity contribution is 1.11. The fourth-order valence-electron chi connectivity index (χ4n) is 3.88. The van der Waals surface area contributed by atoms with Crippen LogP contribution >= 0.6 is 26.0 Å². The van der Waals surface area contributed by atoms with Crippen molar-refractivity contribution in [2.45, 2.75) is 51.7 Å². The van der Waals surface area contributed by atoms with Gasteiger partial charge in [-0.3, -0.25) is 0 Å². The zero-order valence-electron chi connectivity index (χ0n) is 14.5. The highest BCUT2D eigenvalue weighted by Gasteiger charge is 2.36. The number of halogens is 1. The third kappa shape index (κ3) is 2.66. The Kier molecular flexibility index (Phi) is 4.52. The first kappa shape index (κ1) is 16.9. The molecule has 2 rings (SSSR count). The van der Waals surface area contributed by atoms with E-state index in [9.17, 15) is 0 Å². The summed E-state index contributed by atoms with van der Waals surface area (Å²) in [7, 11) is -0.944. The normalized spacial score (nSPS) is 18.0. The van der Waals surface area contributed by atoms with Crippen LogP contribution in [0.4, 0.5) is 0 Å². The zero-order chi connectivity index (χ0) is 16.1. The van der Waals surface area contributed by atoms with Crippen molar-refractivity contribution >= 4 is 26.0 Å². The van der Waals surface area contributed by atoms with Crippen molar-refractivity contribution in [3.63, 3.8) is 0 Å². The molecule has 21 heavy (non-hydrogen) atoms. The Morgan fingerprint density at radius 3 is 1.76 bits per heavy atom. The molecule has 0 fully saturated rings. The first-order chi connectivity index (χ1) is 9.59. The van der Waals surface area contributed by atoms with Crippen LogP contribution in [-0.4, -0.2) is 17.8 Å². The molecule has 0 saturated carbocycles. The van der Waals surface area contributed by atoms with Gasteiger partial charge in [0.25, 0.3) is 0 Å². The molecule has 0 amide bonds. The summed E-state index contributed by atoms with van der Waals surface area (Å²) in [4.78, 5) is 1.53. The number of benzene rings is 1. The molecule has 1 aliphatic rings. The van der Waals surface area contributed by atoms with Crippen LogP contribution < -0.4 is 0 Å². The van der Waals surface area contributed by atoms with Crippen LogP contribution in [0.2, 0.25) is 0 Å². The maximum Gasteiger partial charge on any atom is 0.0349 e. The molecule has 116 valence electrons. The van der Waals surface area contributed by atoms with E-state index in [1.165, 1.54) is 31.6 Å². The van der Waals surface area contributed by atoms with Gasteiger partial charge in [0.15, 0.2) is 0 Å². The van der Waals surface area contributed by atoms with Crippen LogP contribution in [0.1, 0.15) is 38.8 Å². The van der Waals surface area contributed by atoms with Gasteiger partial charge >= 0.3 is 0 Å². The van der Waals surface area contributed by atoms with Crippen LogP contribution in [0.25, 0.3) is 0 Å². The summed E-state index contributed by atoms with van der Waals surface area (Å²) in [5.41, 5.74) is 8.88. The summed E-state index contributed by atoms with van der Waals surface area (Å²) < 4.78 is 1.28. The second-order valence-corrected chi connectivity index (χ2v) is 11.3. The lowest BCUT2D eigenvalue weighted by atomic mass is 10.1. The maximum absolute atomic E-state index is 3.84. The van der Waals surface area contributed by atoms with Gasteiger partial charge in [-0.05, 0) is 98.3 Å². The fourth-order valence-corrected chi connectivity index (χ4v) is 9.61. The zero-order valence-corrected chi connectivity index (χ0v) is 16.9. The molecule has 0 bridgehead atoms. The van der Waals surface area contributed by atoms with E-state index >= 15 is 0 Å². The van der Waals surface area contributed by atoms with E-state index in [1.54, 1.807) is 11.1 Å². The monoisotopic (exact) mass is 366 g/mol. The molecule has 2 heteroatoms. The summed E-state index contributed by atoms with van der Waals surface area (Å²) in [5.74, 6) is 0. The van der Waals surface area contributed by atoms with E-state index in [2.05, 4.69) is 82.1 Å². The van der Waals surface area contributed by atoms with Gasteiger partial charge in [0, 0.05) is 14.6 Å². The van der Waals surface area contributed by atoms with Crippen molar-refractivity contribution in [1.29, 1.82) is 0 Å². The molecule has 1 aliphatic carbocycles. The number of hydrogen-bond acceptors (Lipinski definition) is 0. The van der Waals surface area contributed by atoms with Gasteiger partial charge in [-0.1, -0.05) is 17.2 Å². The minimum atomic E-state index is -0.944. The van der Waals surface area contributed by atoms with E-state index in [4.69, 9.17) is 0 Å². The van der Waals surface area contributed by atoms with Crippen molar-refractivity contribution in [2.24, 2.45) is 0 Å². The number of allylic oxidation sites excluding steroid dienone is 2. The van der Waals surface area contributed by atoms with Gasteiger partial charge in [-0.25, -0.2) is 10.0 Å². The molecule has 0 nitrogen and oxygen atoms in total. The second-order valence-electron chi connectivity index (χ2n) is 6.79. The highest BCUT2D eigenvalue weighted by Crippen LogP contribution is 2.63. The molecule has 0 radical (unpaired) electrons. The minimum Gasteiger partial charge on any atom is -0.209 e. The molecular weight excluding hydrogens is 340 g/mol.